The van der Waals surface area contributed by atoms with Crippen molar-refractivity contribution in [3.63, 3.8) is 0 Å². The number of hydrogen-bond donors (Lipinski definition) is 1. The molecule has 1 atom stereocenters. The number of rotatable bonds is 1. The van der Waals surface area contributed by atoms with E-state index in [4.69, 9.17) is 0 Å². The molecule has 0 bridgehead atoms. The summed E-state index contributed by atoms with van der Waals surface area (Å²) in [5.41, 5.74) is -0.287. The minimum absolute atomic E-state index is 0.287. The Kier molecular flexibility index (Phi) is 2.89. The van der Waals surface area contributed by atoms with Crippen LogP contribution >= 0.6 is 11.8 Å². The smallest absolute Gasteiger partial charge is 0.0773 e. The molecule has 1 nitrogen and oxygen atoms in total. The van der Waals surface area contributed by atoms with Gasteiger partial charge in [-0.3, -0.25) is 0 Å². The van der Waals surface area contributed by atoms with Gasteiger partial charge in [-0.05, 0) is 36.9 Å². The Morgan fingerprint density at radius 2 is 1.92 bits per heavy atom. The summed E-state index contributed by atoms with van der Waals surface area (Å²) in [4.78, 5) is 0. The van der Waals surface area contributed by atoms with E-state index in [2.05, 4.69) is 6.92 Å². The average Bonchev–Trinajstić information content (AvgIpc) is 2.54. The Morgan fingerprint density at radius 3 is 2.46 bits per heavy atom. The molecule has 1 aliphatic heterocycles. The molecule has 0 aromatic heterocycles. The maximum absolute atomic E-state index is 10.4. The molecule has 2 rings (SSSR count). The normalized spacial score (nSPS) is 46.6. The van der Waals surface area contributed by atoms with Gasteiger partial charge < -0.3 is 5.11 Å². The summed E-state index contributed by atoms with van der Waals surface area (Å²) in [6.07, 6.45) is 6.22. The Morgan fingerprint density at radius 1 is 1.23 bits per heavy atom. The lowest BCUT2D eigenvalue weighted by atomic mass is 9.74. The zero-order chi connectivity index (χ0) is 9.31. The van der Waals surface area contributed by atoms with Crippen LogP contribution in [0.4, 0.5) is 0 Å². The van der Waals surface area contributed by atoms with Crippen LogP contribution in [0.15, 0.2) is 0 Å². The summed E-state index contributed by atoms with van der Waals surface area (Å²) >= 11 is 1.93. The average molecular weight is 200 g/mol. The monoisotopic (exact) mass is 200 g/mol. The van der Waals surface area contributed by atoms with Crippen LogP contribution in [0.25, 0.3) is 0 Å². The maximum atomic E-state index is 10.4. The van der Waals surface area contributed by atoms with Gasteiger partial charge in [0.05, 0.1) is 5.60 Å². The summed E-state index contributed by atoms with van der Waals surface area (Å²) in [6.45, 7) is 2.34. The van der Waals surface area contributed by atoms with Crippen molar-refractivity contribution in [2.24, 2.45) is 11.8 Å². The summed E-state index contributed by atoms with van der Waals surface area (Å²) in [5.74, 6) is 3.67. The van der Waals surface area contributed by atoms with E-state index < -0.39 is 0 Å². The van der Waals surface area contributed by atoms with Crippen molar-refractivity contribution in [3.8, 4) is 0 Å². The van der Waals surface area contributed by atoms with Gasteiger partial charge in [-0.15, -0.1) is 0 Å². The molecule has 0 aromatic rings. The predicted octanol–water partition coefficient (Wildman–Crippen LogP) is 2.68. The van der Waals surface area contributed by atoms with Crippen LogP contribution in [0.1, 0.15) is 39.0 Å². The van der Waals surface area contributed by atoms with Gasteiger partial charge in [-0.2, -0.15) is 11.8 Å². The number of thioether (sulfide) groups is 1. The van der Waals surface area contributed by atoms with E-state index in [1.807, 2.05) is 11.8 Å². The topological polar surface area (TPSA) is 20.2 Å². The van der Waals surface area contributed by atoms with Crippen molar-refractivity contribution < 1.29 is 5.11 Å². The molecule has 2 aliphatic rings. The quantitative estimate of drug-likeness (QED) is 0.702. The molecule has 1 heterocycles. The molecule has 0 amide bonds. The lowest BCUT2D eigenvalue weighted by Gasteiger charge is -2.36. The maximum Gasteiger partial charge on any atom is 0.0773 e. The second-order valence-electron chi connectivity index (χ2n) is 4.86. The van der Waals surface area contributed by atoms with Gasteiger partial charge in [-0.25, -0.2) is 0 Å². The van der Waals surface area contributed by atoms with E-state index in [1.165, 1.54) is 31.4 Å². The van der Waals surface area contributed by atoms with E-state index in [9.17, 15) is 5.11 Å². The number of aliphatic hydroxyl groups is 1. The zero-order valence-electron chi connectivity index (χ0n) is 8.46. The van der Waals surface area contributed by atoms with Crippen LogP contribution in [-0.4, -0.2) is 22.2 Å². The summed E-state index contributed by atoms with van der Waals surface area (Å²) in [5, 5.41) is 10.4. The van der Waals surface area contributed by atoms with Gasteiger partial charge in [0.2, 0.25) is 0 Å². The first-order valence-electron chi connectivity index (χ1n) is 5.51. The van der Waals surface area contributed by atoms with Gasteiger partial charge in [-0.1, -0.05) is 19.8 Å². The third kappa shape index (κ3) is 2.04. The predicted molar refractivity (Wildman–Crippen MR) is 58.0 cm³/mol. The van der Waals surface area contributed by atoms with Gasteiger partial charge >= 0.3 is 0 Å². The summed E-state index contributed by atoms with van der Waals surface area (Å²) in [7, 11) is 0. The summed E-state index contributed by atoms with van der Waals surface area (Å²) in [6, 6.07) is 0. The van der Waals surface area contributed by atoms with Crippen LogP contribution in [0, 0.1) is 11.8 Å². The Hall–Kier alpha value is 0.310. The van der Waals surface area contributed by atoms with Crippen molar-refractivity contribution in [3.05, 3.63) is 0 Å². The standard InChI is InChI=1S/C11H20OS/c1-9-2-4-10(5-3-9)11(12)6-7-13-8-11/h9-10,12H,2-8H2,1H3. The zero-order valence-corrected chi connectivity index (χ0v) is 9.28. The SMILES string of the molecule is CC1CCC(C2(O)CCSC2)CC1. The molecular weight excluding hydrogens is 180 g/mol. The molecule has 1 saturated heterocycles. The minimum Gasteiger partial charge on any atom is -0.389 e. The number of hydrogen-bond acceptors (Lipinski definition) is 2. The first-order valence-corrected chi connectivity index (χ1v) is 6.66. The molecule has 0 aromatic carbocycles. The highest BCUT2D eigenvalue weighted by atomic mass is 32.2. The Balaban J connectivity index is 1.93. The van der Waals surface area contributed by atoms with E-state index in [0.717, 1.165) is 18.1 Å². The van der Waals surface area contributed by atoms with Crippen LogP contribution in [0.2, 0.25) is 0 Å². The van der Waals surface area contributed by atoms with Gasteiger partial charge in [0, 0.05) is 5.75 Å². The first kappa shape index (κ1) is 9.85. The largest absolute Gasteiger partial charge is 0.389 e. The fourth-order valence-electron chi connectivity index (χ4n) is 2.69. The Bertz CT molecular complexity index is 167. The van der Waals surface area contributed by atoms with E-state index >= 15 is 0 Å². The van der Waals surface area contributed by atoms with Crippen molar-refractivity contribution in [1.29, 1.82) is 0 Å². The molecule has 1 aliphatic carbocycles. The second kappa shape index (κ2) is 3.82. The molecule has 0 radical (unpaired) electrons. The molecule has 1 saturated carbocycles. The van der Waals surface area contributed by atoms with E-state index in [-0.39, 0.29) is 5.60 Å². The highest BCUT2D eigenvalue weighted by Gasteiger charge is 2.40. The highest BCUT2D eigenvalue weighted by Crippen LogP contribution is 2.42. The van der Waals surface area contributed by atoms with Crippen molar-refractivity contribution in [2.45, 2.75) is 44.6 Å². The lowest BCUT2D eigenvalue weighted by Crippen LogP contribution is -2.39. The van der Waals surface area contributed by atoms with E-state index in [1.54, 1.807) is 0 Å². The summed E-state index contributed by atoms with van der Waals surface area (Å²) < 4.78 is 0. The molecule has 76 valence electrons. The van der Waals surface area contributed by atoms with Crippen molar-refractivity contribution in [1.82, 2.24) is 0 Å². The minimum atomic E-state index is -0.287. The van der Waals surface area contributed by atoms with Crippen molar-refractivity contribution in [2.75, 3.05) is 11.5 Å². The lowest BCUT2D eigenvalue weighted by molar-refractivity contribution is -0.0143. The second-order valence-corrected chi connectivity index (χ2v) is 5.97. The molecule has 13 heavy (non-hydrogen) atoms. The molecular formula is C11H20OS. The fourth-order valence-corrected chi connectivity index (χ4v) is 4.07. The van der Waals surface area contributed by atoms with Gasteiger partial charge in [0.25, 0.3) is 0 Å². The van der Waals surface area contributed by atoms with Crippen LogP contribution in [-0.2, 0) is 0 Å². The first-order chi connectivity index (χ1) is 6.21. The molecule has 2 heteroatoms. The van der Waals surface area contributed by atoms with Gasteiger partial charge in [0.15, 0.2) is 0 Å². The molecule has 1 N–H and O–H groups in total. The molecule has 1 unspecified atom stereocenters. The van der Waals surface area contributed by atoms with Gasteiger partial charge in [0.1, 0.15) is 0 Å². The third-order valence-electron chi connectivity index (χ3n) is 3.81. The van der Waals surface area contributed by atoms with Crippen LogP contribution in [0.3, 0.4) is 0 Å². The Labute approximate surface area is 85.3 Å². The van der Waals surface area contributed by atoms with Crippen molar-refractivity contribution >= 4 is 11.8 Å². The van der Waals surface area contributed by atoms with Crippen LogP contribution < -0.4 is 0 Å². The highest BCUT2D eigenvalue weighted by molar-refractivity contribution is 7.99. The van der Waals surface area contributed by atoms with E-state index in [0.29, 0.717) is 5.92 Å². The van der Waals surface area contributed by atoms with Crippen LogP contribution in [0.5, 0.6) is 0 Å². The molecule has 0 spiro atoms. The fraction of sp³-hybridized carbons (Fsp3) is 1.00. The molecule has 2 fully saturated rings. The third-order valence-corrected chi connectivity index (χ3v) is 5.00.